The Kier molecular flexibility index (Phi) is 3.86. The monoisotopic (exact) mass is 208 g/mol. The van der Waals surface area contributed by atoms with E-state index in [1.54, 1.807) is 0 Å². The molecular weight excluding hydrogens is 192 g/mol. The number of aliphatic carboxylic acids is 1. The Morgan fingerprint density at radius 3 is 2.33 bits per heavy atom. The fourth-order valence-corrected chi connectivity index (χ4v) is 1.63. The molecule has 1 rings (SSSR count). The maximum atomic E-state index is 10.8. The molecule has 1 N–H and O–H groups in total. The summed E-state index contributed by atoms with van der Waals surface area (Å²) in [6.45, 7) is 3.97. The van der Waals surface area contributed by atoms with E-state index >= 15 is 0 Å². The van der Waals surface area contributed by atoms with E-state index in [1.807, 2.05) is 32.0 Å². The van der Waals surface area contributed by atoms with Crippen LogP contribution in [0, 0.1) is 13.8 Å². The Balaban J connectivity index is 2.92. The summed E-state index contributed by atoms with van der Waals surface area (Å²) in [5.74, 6) is -0.917. The highest BCUT2D eigenvalue weighted by atomic mass is 16.5. The molecule has 0 bridgehead atoms. The van der Waals surface area contributed by atoms with Crippen LogP contribution < -0.4 is 0 Å². The van der Waals surface area contributed by atoms with Crippen molar-refractivity contribution in [1.29, 1.82) is 0 Å². The van der Waals surface area contributed by atoms with Gasteiger partial charge in [-0.15, -0.1) is 0 Å². The summed E-state index contributed by atoms with van der Waals surface area (Å²) < 4.78 is 4.93. The van der Waals surface area contributed by atoms with Gasteiger partial charge >= 0.3 is 5.97 Å². The van der Waals surface area contributed by atoms with Crippen LogP contribution in [-0.4, -0.2) is 24.3 Å². The van der Waals surface area contributed by atoms with E-state index in [2.05, 4.69) is 0 Å². The van der Waals surface area contributed by atoms with Crippen LogP contribution in [0.3, 0.4) is 0 Å². The molecule has 1 aromatic carbocycles. The predicted octanol–water partition coefficient (Wildman–Crippen LogP) is 1.95. The van der Waals surface area contributed by atoms with Gasteiger partial charge in [0.1, 0.15) is 0 Å². The molecule has 3 nitrogen and oxygen atoms in total. The van der Waals surface area contributed by atoms with Crippen molar-refractivity contribution in [2.75, 3.05) is 7.11 Å². The molecule has 0 fully saturated rings. The standard InChI is InChI=1S/C12H16O3/c1-8-5-4-6-9(2)10(8)7-11(15-3)12(13)14/h4-6,11H,7H2,1-3H3,(H,13,14)/t11-/m1/s1. The van der Waals surface area contributed by atoms with Crippen LogP contribution >= 0.6 is 0 Å². The fourth-order valence-electron chi connectivity index (χ4n) is 1.63. The average Bonchev–Trinajstić information content (AvgIpc) is 2.17. The maximum absolute atomic E-state index is 10.8. The van der Waals surface area contributed by atoms with Crippen molar-refractivity contribution in [3.05, 3.63) is 34.9 Å². The molecule has 0 amide bonds. The number of ether oxygens (including phenoxy) is 1. The number of hydrogen-bond donors (Lipinski definition) is 1. The van der Waals surface area contributed by atoms with Crippen LogP contribution in [0.1, 0.15) is 16.7 Å². The molecule has 15 heavy (non-hydrogen) atoms. The van der Waals surface area contributed by atoms with Gasteiger partial charge in [0.05, 0.1) is 0 Å². The lowest BCUT2D eigenvalue weighted by molar-refractivity contribution is -0.148. The number of carboxylic acid groups (broad SMARTS) is 1. The van der Waals surface area contributed by atoms with Crippen LogP contribution in [0.15, 0.2) is 18.2 Å². The molecule has 0 aliphatic carbocycles. The second kappa shape index (κ2) is 4.94. The zero-order chi connectivity index (χ0) is 11.4. The van der Waals surface area contributed by atoms with Crippen LogP contribution in [-0.2, 0) is 16.0 Å². The Morgan fingerprint density at radius 1 is 1.40 bits per heavy atom. The third-order valence-electron chi connectivity index (χ3n) is 2.59. The number of rotatable bonds is 4. The first-order valence-electron chi connectivity index (χ1n) is 4.87. The quantitative estimate of drug-likeness (QED) is 0.822. The summed E-state index contributed by atoms with van der Waals surface area (Å²) in [6, 6.07) is 5.94. The highest BCUT2D eigenvalue weighted by Crippen LogP contribution is 2.16. The molecule has 0 aromatic heterocycles. The Labute approximate surface area is 89.7 Å². The number of carboxylic acids is 1. The molecule has 0 heterocycles. The zero-order valence-corrected chi connectivity index (χ0v) is 9.28. The number of methoxy groups -OCH3 is 1. The van der Waals surface area contributed by atoms with Crippen LogP contribution in [0.2, 0.25) is 0 Å². The summed E-state index contributed by atoms with van der Waals surface area (Å²) in [5.41, 5.74) is 3.28. The Bertz CT molecular complexity index is 338. The van der Waals surface area contributed by atoms with Gasteiger partial charge < -0.3 is 9.84 Å². The maximum Gasteiger partial charge on any atom is 0.333 e. The van der Waals surface area contributed by atoms with E-state index in [0.717, 1.165) is 16.7 Å². The molecule has 82 valence electrons. The van der Waals surface area contributed by atoms with Gasteiger partial charge in [-0.05, 0) is 30.5 Å². The second-order valence-corrected chi connectivity index (χ2v) is 3.64. The summed E-state index contributed by atoms with van der Waals surface area (Å²) in [4.78, 5) is 10.8. The van der Waals surface area contributed by atoms with Crippen LogP contribution in [0.5, 0.6) is 0 Å². The number of hydrogen-bond acceptors (Lipinski definition) is 2. The van der Waals surface area contributed by atoms with Crippen LogP contribution in [0.25, 0.3) is 0 Å². The topological polar surface area (TPSA) is 46.5 Å². The van der Waals surface area contributed by atoms with Gasteiger partial charge in [0, 0.05) is 13.5 Å². The predicted molar refractivity (Wildman–Crippen MR) is 58.1 cm³/mol. The number of carbonyl (C=O) groups is 1. The normalized spacial score (nSPS) is 12.5. The van der Waals surface area contributed by atoms with Gasteiger partial charge in [0.2, 0.25) is 0 Å². The van der Waals surface area contributed by atoms with Crippen molar-refractivity contribution >= 4 is 5.97 Å². The Morgan fingerprint density at radius 2 is 1.93 bits per heavy atom. The lowest BCUT2D eigenvalue weighted by atomic mass is 9.97. The molecule has 0 aliphatic heterocycles. The number of aryl methyl sites for hydroxylation is 2. The van der Waals surface area contributed by atoms with Crippen LogP contribution in [0.4, 0.5) is 0 Å². The van der Waals surface area contributed by atoms with Gasteiger partial charge in [-0.3, -0.25) is 0 Å². The lowest BCUT2D eigenvalue weighted by Gasteiger charge is -2.14. The summed E-state index contributed by atoms with van der Waals surface area (Å²) >= 11 is 0. The average molecular weight is 208 g/mol. The highest BCUT2D eigenvalue weighted by Gasteiger charge is 2.18. The zero-order valence-electron chi connectivity index (χ0n) is 9.28. The first-order chi connectivity index (χ1) is 7.06. The molecule has 1 atom stereocenters. The molecule has 3 heteroatoms. The van der Waals surface area contributed by atoms with E-state index < -0.39 is 12.1 Å². The first kappa shape index (κ1) is 11.7. The minimum Gasteiger partial charge on any atom is -0.479 e. The lowest BCUT2D eigenvalue weighted by Crippen LogP contribution is -2.25. The first-order valence-corrected chi connectivity index (χ1v) is 4.87. The minimum atomic E-state index is -0.917. The van der Waals surface area contributed by atoms with E-state index in [-0.39, 0.29) is 0 Å². The minimum absolute atomic E-state index is 0.421. The molecule has 0 saturated heterocycles. The van der Waals surface area contributed by atoms with Gasteiger partial charge in [-0.1, -0.05) is 18.2 Å². The van der Waals surface area contributed by atoms with Crippen molar-refractivity contribution in [2.24, 2.45) is 0 Å². The molecule has 0 saturated carbocycles. The highest BCUT2D eigenvalue weighted by molar-refractivity contribution is 5.72. The van der Waals surface area contributed by atoms with E-state index in [9.17, 15) is 4.79 Å². The number of benzene rings is 1. The smallest absolute Gasteiger partial charge is 0.333 e. The summed E-state index contributed by atoms with van der Waals surface area (Å²) in [6.07, 6.45) is -0.338. The summed E-state index contributed by atoms with van der Waals surface area (Å²) in [5, 5.41) is 8.89. The van der Waals surface area contributed by atoms with Crippen molar-refractivity contribution < 1.29 is 14.6 Å². The summed E-state index contributed by atoms with van der Waals surface area (Å²) in [7, 11) is 1.42. The van der Waals surface area contributed by atoms with E-state index in [0.29, 0.717) is 6.42 Å². The van der Waals surface area contributed by atoms with Gasteiger partial charge in [0.15, 0.2) is 6.10 Å². The molecular formula is C12H16O3. The van der Waals surface area contributed by atoms with Crippen molar-refractivity contribution in [1.82, 2.24) is 0 Å². The Hall–Kier alpha value is -1.35. The molecule has 0 aliphatic rings. The third kappa shape index (κ3) is 2.80. The van der Waals surface area contributed by atoms with Crippen molar-refractivity contribution in [2.45, 2.75) is 26.4 Å². The fraction of sp³-hybridized carbons (Fsp3) is 0.417. The van der Waals surface area contributed by atoms with Crippen molar-refractivity contribution in [3.63, 3.8) is 0 Å². The molecule has 0 unspecified atom stereocenters. The van der Waals surface area contributed by atoms with E-state index in [4.69, 9.17) is 9.84 Å². The van der Waals surface area contributed by atoms with Gasteiger partial charge in [-0.2, -0.15) is 0 Å². The molecule has 1 aromatic rings. The molecule has 0 spiro atoms. The van der Waals surface area contributed by atoms with Crippen molar-refractivity contribution in [3.8, 4) is 0 Å². The van der Waals surface area contributed by atoms with E-state index in [1.165, 1.54) is 7.11 Å². The van der Waals surface area contributed by atoms with Gasteiger partial charge in [0.25, 0.3) is 0 Å². The van der Waals surface area contributed by atoms with Gasteiger partial charge in [-0.25, -0.2) is 4.79 Å². The second-order valence-electron chi connectivity index (χ2n) is 3.64. The molecule has 0 radical (unpaired) electrons. The SMILES string of the molecule is CO[C@H](Cc1c(C)cccc1C)C(=O)O. The largest absolute Gasteiger partial charge is 0.479 e. The third-order valence-corrected chi connectivity index (χ3v) is 2.59.